The molecule has 1 amide bonds. The summed E-state index contributed by atoms with van der Waals surface area (Å²) in [5.41, 5.74) is 3.20. The third kappa shape index (κ3) is 3.94. The quantitative estimate of drug-likeness (QED) is 0.643. The van der Waals surface area contributed by atoms with Crippen LogP contribution in [0.5, 0.6) is 0 Å². The number of fused-ring (bicyclic) bond motifs is 1. The van der Waals surface area contributed by atoms with Gasteiger partial charge in [0, 0.05) is 41.0 Å². The number of amides is 1. The van der Waals surface area contributed by atoms with Gasteiger partial charge in [0.05, 0.1) is 6.04 Å². The van der Waals surface area contributed by atoms with Gasteiger partial charge in [-0.3, -0.25) is 14.2 Å². The van der Waals surface area contributed by atoms with Gasteiger partial charge in [-0.1, -0.05) is 30.0 Å². The molecule has 0 bridgehead atoms. The first kappa shape index (κ1) is 18.3. The van der Waals surface area contributed by atoms with Gasteiger partial charge in [-0.2, -0.15) is 0 Å². The number of aryl methyl sites for hydroxylation is 1. The van der Waals surface area contributed by atoms with Gasteiger partial charge in [0.1, 0.15) is 0 Å². The number of para-hydroxylation sites is 1. The maximum Gasteiger partial charge on any atom is 0.257 e. The van der Waals surface area contributed by atoms with Crippen LogP contribution >= 0.6 is 11.8 Å². The second kappa shape index (κ2) is 7.90. The fourth-order valence-electron chi connectivity index (χ4n) is 3.12. The van der Waals surface area contributed by atoms with Crippen molar-refractivity contribution in [2.24, 2.45) is 0 Å². The Morgan fingerprint density at radius 3 is 2.54 bits per heavy atom. The zero-order valence-corrected chi connectivity index (χ0v) is 16.2. The van der Waals surface area contributed by atoms with Crippen LogP contribution in [0.3, 0.4) is 0 Å². The predicted molar refractivity (Wildman–Crippen MR) is 112 cm³/mol. The third-order valence-electron chi connectivity index (χ3n) is 4.55. The molecule has 1 unspecified atom stereocenters. The van der Waals surface area contributed by atoms with E-state index in [0.29, 0.717) is 16.5 Å². The normalized spacial score (nSPS) is 15.1. The van der Waals surface area contributed by atoms with Gasteiger partial charge in [0.2, 0.25) is 5.91 Å². The Bertz CT molecular complexity index is 1050. The summed E-state index contributed by atoms with van der Waals surface area (Å²) in [5, 5.41) is 6.90. The lowest BCUT2D eigenvalue weighted by Gasteiger charge is -2.14. The predicted octanol–water partition coefficient (Wildman–Crippen LogP) is 3.97. The highest BCUT2D eigenvalue weighted by Gasteiger charge is 2.27. The van der Waals surface area contributed by atoms with E-state index in [1.807, 2.05) is 54.6 Å². The summed E-state index contributed by atoms with van der Waals surface area (Å²) < 4.78 is 1.65. The van der Waals surface area contributed by atoms with Crippen LogP contribution in [0.25, 0.3) is 0 Å². The number of nitrogens with zero attached hydrogens (tertiary/aromatic N) is 2. The second-order valence-electron chi connectivity index (χ2n) is 6.68. The molecule has 0 aliphatic carbocycles. The number of carbonyl (C=O) groups excluding carboxylic acids is 1. The molecule has 0 spiro atoms. The first-order valence-corrected chi connectivity index (χ1v) is 10.0. The molecule has 2 heterocycles. The number of carbonyl (C=O) groups is 1. The van der Waals surface area contributed by atoms with Gasteiger partial charge in [0.15, 0.2) is 5.16 Å². The van der Waals surface area contributed by atoms with E-state index in [-0.39, 0.29) is 23.9 Å². The van der Waals surface area contributed by atoms with Crippen molar-refractivity contribution in [2.45, 2.75) is 24.5 Å². The molecule has 0 saturated heterocycles. The van der Waals surface area contributed by atoms with Crippen LogP contribution in [0.1, 0.15) is 18.0 Å². The Labute approximate surface area is 167 Å². The minimum Gasteiger partial charge on any atom is -0.356 e. The fraction of sp³-hybridized carbons (Fsp3) is 0.190. The standard InChI is InChI=1S/C21H20N4O2S/c1-14-12-22-21-25(20(14)27)18(13-28-21)11-19(26)24-17-9-7-16(8-10-17)23-15-5-3-2-4-6-15/h2-10,12,18,23H,11,13H2,1H3,(H,24,26). The van der Waals surface area contributed by atoms with Crippen LogP contribution in [0.4, 0.5) is 17.1 Å². The Morgan fingerprint density at radius 1 is 1.11 bits per heavy atom. The molecule has 6 nitrogen and oxygen atoms in total. The summed E-state index contributed by atoms with van der Waals surface area (Å²) in [5.74, 6) is 0.564. The van der Waals surface area contributed by atoms with E-state index in [9.17, 15) is 9.59 Å². The fourth-order valence-corrected chi connectivity index (χ4v) is 4.23. The highest BCUT2D eigenvalue weighted by atomic mass is 32.2. The summed E-state index contributed by atoms with van der Waals surface area (Å²) in [7, 11) is 0. The van der Waals surface area contributed by atoms with Gasteiger partial charge < -0.3 is 10.6 Å². The Morgan fingerprint density at radius 2 is 1.79 bits per heavy atom. The van der Waals surface area contributed by atoms with Crippen molar-refractivity contribution >= 4 is 34.7 Å². The summed E-state index contributed by atoms with van der Waals surface area (Å²) in [6.45, 7) is 1.74. The maximum atomic E-state index is 12.5. The molecule has 0 fully saturated rings. The van der Waals surface area contributed by atoms with E-state index in [1.165, 1.54) is 11.8 Å². The zero-order valence-electron chi connectivity index (χ0n) is 15.4. The molecule has 1 aliphatic heterocycles. The average Bonchev–Trinajstić information content (AvgIpc) is 3.10. The van der Waals surface area contributed by atoms with Crippen LogP contribution in [-0.2, 0) is 4.79 Å². The second-order valence-corrected chi connectivity index (χ2v) is 7.67. The van der Waals surface area contributed by atoms with Gasteiger partial charge >= 0.3 is 0 Å². The molecular weight excluding hydrogens is 372 g/mol. The average molecular weight is 392 g/mol. The maximum absolute atomic E-state index is 12.5. The molecule has 2 aromatic carbocycles. The van der Waals surface area contributed by atoms with Crippen molar-refractivity contribution in [3.8, 4) is 0 Å². The van der Waals surface area contributed by atoms with E-state index in [4.69, 9.17) is 0 Å². The van der Waals surface area contributed by atoms with Gasteiger partial charge in [-0.15, -0.1) is 0 Å². The molecule has 3 aromatic rings. The lowest BCUT2D eigenvalue weighted by molar-refractivity contribution is -0.116. The van der Waals surface area contributed by atoms with Crippen molar-refractivity contribution < 1.29 is 4.79 Å². The van der Waals surface area contributed by atoms with E-state index < -0.39 is 0 Å². The molecule has 4 rings (SSSR count). The van der Waals surface area contributed by atoms with E-state index in [1.54, 1.807) is 17.7 Å². The molecule has 1 aromatic heterocycles. The van der Waals surface area contributed by atoms with Crippen LogP contribution in [0.15, 0.2) is 70.7 Å². The molecule has 1 aliphatic rings. The number of aromatic nitrogens is 2. The highest BCUT2D eigenvalue weighted by molar-refractivity contribution is 7.99. The molecule has 0 saturated carbocycles. The molecular formula is C21H20N4O2S. The summed E-state index contributed by atoms with van der Waals surface area (Å²) in [4.78, 5) is 29.1. The molecule has 7 heteroatoms. The number of rotatable bonds is 5. The number of hydrogen-bond donors (Lipinski definition) is 2. The lowest BCUT2D eigenvalue weighted by Crippen LogP contribution is -2.28. The number of anilines is 3. The van der Waals surface area contributed by atoms with Crippen LogP contribution in [0, 0.1) is 6.92 Å². The van der Waals surface area contributed by atoms with Crippen molar-refractivity contribution in [3.63, 3.8) is 0 Å². The van der Waals surface area contributed by atoms with Crippen molar-refractivity contribution in [3.05, 3.63) is 76.7 Å². The zero-order chi connectivity index (χ0) is 19.5. The van der Waals surface area contributed by atoms with Gasteiger partial charge in [-0.05, 0) is 43.3 Å². The Hall–Kier alpha value is -3.06. The van der Waals surface area contributed by atoms with Crippen LogP contribution in [-0.4, -0.2) is 21.2 Å². The lowest BCUT2D eigenvalue weighted by atomic mass is 10.2. The van der Waals surface area contributed by atoms with Crippen molar-refractivity contribution in [1.29, 1.82) is 0 Å². The first-order valence-electron chi connectivity index (χ1n) is 9.03. The molecule has 142 valence electrons. The number of benzene rings is 2. The smallest absolute Gasteiger partial charge is 0.257 e. The summed E-state index contributed by atoms with van der Waals surface area (Å²) in [6, 6.07) is 17.3. The van der Waals surface area contributed by atoms with Crippen molar-refractivity contribution in [2.75, 3.05) is 16.4 Å². The van der Waals surface area contributed by atoms with E-state index in [2.05, 4.69) is 15.6 Å². The number of thioether (sulfide) groups is 1. The summed E-state index contributed by atoms with van der Waals surface area (Å²) >= 11 is 1.51. The SMILES string of the molecule is Cc1cnc2n(c1=O)C(CC(=O)Nc1ccc(Nc3ccccc3)cc1)CS2. The highest BCUT2D eigenvalue weighted by Crippen LogP contribution is 2.32. The largest absolute Gasteiger partial charge is 0.356 e. The molecule has 2 N–H and O–H groups in total. The van der Waals surface area contributed by atoms with Gasteiger partial charge in [-0.25, -0.2) is 4.98 Å². The van der Waals surface area contributed by atoms with E-state index >= 15 is 0 Å². The van der Waals surface area contributed by atoms with Crippen LogP contribution < -0.4 is 16.2 Å². The third-order valence-corrected chi connectivity index (χ3v) is 5.66. The van der Waals surface area contributed by atoms with Crippen LogP contribution in [0.2, 0.25) is 0 Å². The van der Waals surface area contributed by atoms with Crippen molar-refractivity contribution in [1.82, 2.24) is 9.55 Å². The minimum absolute atomic E-state index is 0.0656. The number of nitrogens with one attached hydrogen (secondary N) is 2. The van der Waals surface area contributed by atoms with Gasteiger partial charge in [0.25, 0.3) is 5.56 Å². The number of hydrogen-bond acceptors (Lipinski definition) is 5. The molecule has 0 radical (unpaired) electrons. The minimum atomic E-state index is -0.168. The molecule has 28 heavy (non-hydrogen) atoms. The Balaban J connectivity index is 1.39. The topological polar surface area (TPSA) is 76.0 Å². The Kier molecular flexibility index (Phi) is 5.16. The first-order chi connectivity index (χ1) is 13.6. The van der Waals surface area contributed by atoms with E-state index in [0.717, 1.165) is 17.1 Å². The summed E-state index contributed by atoms with van der Waals surface area (Å²) in [6.07, 6.45) is 1.84. The molecule has 1 atom stereocenters. The monoisotopic (exact) mass is 392 g/mol.